The van der Waals surface area contributed by atoms with E-state index in [0.717, 1.165) is 51.1 Å². The van der Waals surface area contributed by atoms with Crippen molar-refractivity contribution in [3.8, 4) is 0 Å². The summed E-state index contributed by atoms with van der Waals surface area (Å²) in [5.41, 5.74) is 1.35. The molecule has 29 heavy (non-hydrogen) atoms. The summed E-state index contributed by atoms with van der Waals surface area (Å²) in [5, 5.41) is 0. The lowest BCUT2D eigenvalue weighted by molar-refractivity contribution is -0.123. The van der Waals surface area contributed by atoms with E-state index in [1.165, 1.54) is 12.1 Å². The number of ketones is 2. The fraction of sp³-hybridized carbons (Fsp3) is 0.417. The third kappa shape index (κ3) is 4.10. The molecule has 4 nitrogen and oxygen atoms in total. The first kappa shape index (κ1) is 19.8. The molecule has 2 aromatic carbocycles. The molecule has 1 spiro atoms. The highest BCUT2D eigenvalue weighted by Gasteiger charge is 2.49. The number of halogens is 1. The Morgan fingerprint density at radius 3 is 2.34 bits per heavy atom. The highest BCUT2D eigenvalue weighted by Crippen LogP contribution is 2.39. The molecule has 0 bridgehead atoms. The van der Waals surface area contributed by atoms with Crippen molar-refractivity contribution < 1.29 is 14.0 Å². The molecule has 2 aliphatic rings. The van der Waals surface area contributed by atoms with Crippen molar-refractivity contribution in [2.24, 2.45) is 0 Å². The van der Waals surface area contributed by atoms with Gasteiger partial charge in [-0.25, -0.2) is 4.39 Å². The molecule has 0 aliphatic carbocycles. The number of carbonyl (C=O) groups is 2. The lowest BCUT2D eigenvalue weighted by atomic mass is 9.83. The molecular weight excluding hydrogens is 367 g/mol. The summed E-state index contributed by atoms with van der Waals surface area (Å²) < 4.78 is 13.0. The first-order valence-corrected chi connectivity index (χ1v) is 10.5. The van der Waals surface area contributed by atoms with Gasteiger partial charge in [-0.2, -0.15) is 0 Å². The average Bonchev–Trinajstić information content (AvgIpc) is 3.06. The average molecular weight is 394 g/mol. The monoisotopic (exact) mass is 394 g/mol. The second kappa shape index (κ2) is 8.46. The zero-order valence-corrected chi connectivity index (χ0v) is 16.6. The largest absolute Gasteiger partial charge is 0.358 e. The molecule has 0 radical (unpaired) electrons. The van der Waals surface area contributed by atoms with Gasteiger partial charge in [0.05, 0.1) is 0 Å². The minimum absolute atomic E-state index is 0.0553. The van der Waals surface area contributed by atoms with E-state index in [-0.39, 0.29) is 17.1 Å². The van der Waals surface area contributed by atoms with Crippen molar-refractivity contribution in [3.05, 3.63) is 66.0 Å². The molecule has 4 rings (SSSR count). The number of Topliss-reactive ketones (excluding diaryl/α,β-unsaturated/α-hetero) is 2. The summed E-state index contributed by atoms with van der Waals surface area (Å²) in [4.78, 5) is 29.7. The van der Waals surface area contributed by atoms with Crippen LogP contribution in [0.1, 0.15) is 42.5 Å². The zero-order chi connectivity index (χ0) is 20.3. The Labute approximate surface area is 171 Å². The molecule has 2 saturated heterocycles. The standard InChI is InChI=1S/C24H27FN2O2/c25-20-10-8-19(9-11-20)22(28)7-4-15-26-17-13-24(14-18-26)23(29)12-16-27(24)21-5-2-1-3-6-21/h1-3,5-6,8-11H,4,7,12-18H2. The van der Waals surface area contributed by atoms with Gasteiger partial charge < -0.3 is 9.80 Å². The molecule has 0 N–H and O–H groups in total. The molecule has 0 unspecified atom stereocenters. The normalized spacial score (nSPS) is 19.1. The molecule has 2 aliphatic heterocycles. The number of carbonyl (C=O) groups excluding carboxylic acids is 2. The van der Waals surface area contributed by atoms with Gasteiger partial charge in [-0.3, -0.25) is 9.59 Å². The first-order chi connectivity index (χ1) is 14.1. The molecule has 0 aromatic heterocycles. The van der Waals surface area contributed by atoms with Crippen LogP contribution in [0, 0.1) is 5.82 Å². The Balaban J connectivity index is 1.30. The van der Waals surface area contributed by atoms with Crippen molar-refractivity contribution in [1.82, 2.24) is 4.90 Å². The number of rotatable bonds is 6. The second-order valence-electron chi connectivity index (χ2n) is 8.07. The van der Waals surface area contributed by atoms with Crippen molar-refractivity contribution in [1.29, 1.82) is 0 Å². The van der Waals surface area contributed by atoms with E-state index < -0.39 is 0 Å². The number of nitrogens with zero attached hydrogens (tertiary/aromatic N) is 2. The van der Waals surface area contributed by atoms with Gasteiger partial charge in [0.1, 0.15) is 11.4 Å². The smallest absolute Gasteiger partial charge is 0.162 e. The van der Waals surface area contributed by atoms with E-state index in [4.69, 9.17) is 0 Å². The van der Waals surface area contributed by atoms with Crippen molar-refractivity contribution in [2.45, 2.75) is 37.6 Å². The maximum atomic E-state index is 13.0. The Morgan fingerprint density at radius 1 is 0.966 bits per heavy atom. The molecule has 152 valence electrons. The summed E-state index contributed by atoms with van der Waals surface area (Å²) in [6.07, 6.45) is 3.54. The van der Waals surface area contributed by atoms with Crippen LogP contribution in [-0.4, -0.2) is 48.2 Å². The van der Waals surface area contributed by atoms with Gasteiger partial charge in [-0.05, 0) is 62.2 Å². The first-order valence-electron chi connectivity index (χ1n) is 10.5. The van der Waals surface area contributed by atoms with Crippen LogP contribution in [0.5, 0.6) is 0 Å². The molecular formula is C24H27FN2O2. The van der Waals surface area contributed by atoms with Gasteiger partial charge in [0.25, 0.3) is 0 Å². The quantitative estimate of drug-likeness (QED) is 0.692. The minimum Gasteiger partial charge on any atom is -0.358 e. The van der Waals surface area contributed by atoms with Crippen LogP contribution in [0.15, 0.2) is 54.6 Å². The van der Waals surface area contributed by atoms with Crippen LogP contribution >= 0.6 is 0 Å². The summed E-state index contributed by atoms with van der Waals surface area (Å²) in [7, 11) is 0. The molecule has 2 aromatic rings. The van der Waals surface area contributed by atoms with Crippen molar-refractivity contribution >= 4 is 17.3 Å². The van der Waals surface area contributed by atoms with Crippen LogP contribution in [0.3, 0.4) is 0 Å². The van der Waals surface area contributed by atoms with Gasteiger partial charge >= 0.3 is 0 Å². The summed E-state index contributed by atoms with van der Waals surface area (Å²) in [6, 6.07) is 16.0. The van der Waals surface area contributed by atoms with Crippen LogP contribution in [0.25, 0.3) is 0 Å². The topological polar surface area (TPSA) is 40.6 Å². The van der Waals surface area contributed by atoms with Crippen LogP contribution in [0.4, 0.5) is 10.1 Å². The number of hydrogen-bond donors (Lipinski definition) is 0. The number of likely N-dealkylation sites (tertiary alicyclic amines) is 1. The molecule has 0 amide bonds. The van der Waals surface area contributed by atoms with Crippen LogP contribution in [0.2, 0.25) is 0 Å². The van der Waals surface area contributed by atoms with Gasteiger partial charge in [-0.1, -0.05) is 18.2 Å². The SMILES string of the molecule is O=C(CCCN1CCC2(CC1)C(=O)CCN2c1ccccc1)c1ccc(F)cc1. The molecule has 2 fully saturated rings. The van der Waals surface area contributed by atoms with Gasteiger partial charge in [0.2, 0.25) is 0 Å². The lowest BCUT2D eigenvalue weighted by Gasteiger charge is -2.44. The molecule has 0 saturated carbocycles. The minimum atomic E-state index is -0.359. The number of benzene rings is 2. The zero-order valence-electron chi connectivity index (χ0n) is 16.6. The number of hydrogen-bond acceptors (Lipinski definition) is 4. The molecule has 5 heteroatoms. The molecule has 0 atom stereocenters. The van der Waals surface area contributed by atoms with Crippen molar-refractivity contribution in [2.75, 3.05) is 31.1 Å². The maximum Gasteiger partial charge on any atom is 0.162 e. The highest BCUT2D eigenvalue weighted by molar-refractivity contribution is 5.96. The Morgan fingerprint density at radius 2 is 1.66 bits per heavy atom. The van der Waals surface area contributed by atoms with Gasteiger partial charge in [0.15, 0.2) is 11.6 Å². The number of para-hydroxylation sites is 1. The van der Waals surface area contributed by atoms with E-state index in [1.54, 1.807) is 12.1 Å². The van der Waals surface area contributed by atoms with Crippen molar-refractivity contribution in [3.63, 3.8) is 0 Å². The predicted molar refractivity (Wildman–Crippen MR) is 112 cm³/mol. The maximum absolute atomic E-state index is 13.0. The summed E-state index contributed by atoms with van der Waals surface area (Å²) >= 11 is 0. The van der Waals surface area contributed by atoms with E-state index in [1.807, 2.05) is 18.2 Å². The fourth-order valence-corrected chi connectivity index (χ4v) is 4.73. The van der Waals surface area contributed by atoms with E-state index in [0.29, 0.717) is 24.2 Å². The lowest BCUT2D eigenvalue weighted by Crippen LogP contribution is -2.56. The predicted octanol–water partition coefficient (Wildman–Crippen LogP) is 4.10. The summed E-state index contributed by atoms with van der Waals surface area (Å²) in [5.74, 6) is 0.0991. The van der Waals surface area contributed by atoms with E-state index in [2.05, 4.69) is 21.9 Å². The van der Waals surface area contributed by atoms with Gasteiger partial charge in [-0.15, -0.1) is 0 Å². The number of piperidine rings is 1. The third-order valence-electron chi connectivity index (χ3n) is 6.39. The highest BCUT2D eigenvalue weighted by atomic mass is 19.1. The summed E-state index contributed by atoms with van der Waals surface area (Å²) in [6.45, 7) is 3.40. The third-order valence-corrected chi connectivity index (χ3v) is 6.39. The Hall–Kier alpha value is -2.53. The number of anilines is 1. The Kier molecular flexibility index (Phi) is 5.76. The van der Waals surface area contributed by atoms with Crippen LogP contribution < -0.4 is 4.90 Å². The molecule has 2 heterocycles. The van der Waals surface area contributed by atoms with Crippen LogP contribution in [-0.2, 0) is 4.79 Å². The Bertz CT molecular complexity index is 858. The second-order valence-corrected chi connectivity index (χ2v) is 8.07. The van der Waals surface area contributed by atoms with E-state index in [9.17, 15) is 14.0 Å². The fourth-order valence-electron chi connectivity index (χ4n) is 4.73. The van der Waals surface area contributed by atoms with E-state index >= 15 is 0 Å². The van der Waals surface area contributed by atoms with Gasteiger partial charge in [0, 0.05) is 43.7 Å².